The first-order chi connectivity index (χ1) is 16.4. The topological polar surface area (TPSA) is 75.9 Å². The molecule has 0 bridgehead atoms. The Labute approximate surface area is 198 Å². The average molecular weight is 455 g/mol. The van der Waals surface area contributed by atoms with Crippen molar-refractivity contribution < 1.29 is 14.3 Å². The number of ether oxygens (including phenoxy) is 1. The van der Waals surface area contributed by atoms with Crippen LogP contribution in [0.15, 0.2) is 67.0 Å². The summed E-state index contributed by atoms with van der Waals surface area (Å²) in [4.78, 5) is 32.2. The summed E-state index contributed by atoms with van der Waals surface area (Å²) in [5.41, 5.74) is 6.16. The maximum Gasteiger partial charge on any atom is 0.229 e. The summed E-state index contributed by atoms with van der Waals surface area (Å²) < 4.78 is 7.42. The molecule has 0 saturated carbocycles. The van der Waals surface area contributed by atoms with Crippen LogP contribution in [0.5, 0.6) is 5.75 Å². The van der Waals surface area contributed by atoms with Gasteiger partial charge in [-0.05, 0) is 67.4 Å². The molecule has 2 amide bonds. The first-order valence-corrected chi connectivity index (χ1v) is 11.2. The van der Waals surface area contributed by atoms with Crippen LogP contribution < -0.4 is 15.0 Å². The zero-order valence-corrected chi connectivity index (χ0v) is 19.4. The number of anilines is 2. The van der Waals surface area contributed by atoms with Crippen LogP contribution in [0.25, 0.3) is 16.9 Å². The first-order valence-electron chi connectivity index (χ1n) is 11.2. The van der Waals surface area contributed by atoms with E-state index in [9.17, 15) is 9.59 Å². The highest BCUT2D eigenvalue weighted by Gasteiger charge is 2.35. The lowest BCUT2D eigenvalue weighted by Crippen LogP contribution is -2.28. The molecule has 172 valence electrons. The zero-order valence-electron chi connectivity index (χ0n) is 19.4. The molecule has 1 aliphatic heterocycles. The van der Waals surface area contributed by atoms with E-state index >= 15 is 0 Å². The highest BCUT2D eigenvalue weighted by atomic mass is 16.5. The Bertz CT molecular complexity index is 1380. The van der Waals surface area contributed by atoms with Crippen LogP contribution in [-0.4, -0.2) is 34.9 Å². The van der Waals surface area contributed by atoms with Crippen molar-refractivity contribution >= 4 is 28.8 Å². The second-order valence-electron chi connectivity index (χ2n) is 8.67. The Balaban J connectivity index is 1.37. The number of nitrogens with zero attached hydrogens (tertiary/aromatic N) is 3. The first kappa shape index (κ1) is 21.7. The van der Waals surface area contributed by atoms with Crippen molar-refractivity contribution in [3.05, 3.63) is 78.1 Å². The number of benzene rings is 2. The van der Waals surface area contributed by atoms with Crippen molar-refractivity contribution in [2.45, 2.75) is 20.3 Å². The van der Waals surface area contributed by atoms with E-state index in [1.807, 2.05) is 85.2 Å². The third-order valence-electron chi connectivity index (χ3n) is 6.42. The Morgan fingerprint density at radius 1 is 1.09 bits per heavy atom. The quantitative estimate of drug-likeness (QED) is 0.478. The third-order valence-corrected chi connectivity index (χ3v) is 6.42. The summed E-state index contributed by atoms with van der Waals surface area (Å²) in [6.45, 7) is 4.41. The highest BCUT2D eigenvalue weighted by Crippen LogP contribution is 2.32. The molecule has 4 aromatic rings. The fraction of sp³-hybridized carbons (Fsp3) is 0.222. The maximum atomic E-state index is 13.1. The van der Waals surface area contributed by atoms with E-state index in [0.717, 1.165) is 28.2 Å². The van der Waals surface area contributed by atoms with Crippen molar-refractivity contribution in [2.24, 2.45) is 5.92 Å². The van der Waals surface area contributed by atoms with Crippen LogP contribution in [-0.2, 0) is 9.59 Å². The summed E-state index contributed by atoms with van der Waals surface area (Å²) >= 11 is 0. The van der Waals surface area contributed by atoms with Gasteiger partial charge in [-0.2, -0.15) is 0 Å². The standard InChI is InChI=1S/C27H26N4O3/c1-17-7-9-21(12-18(17)2)31-15-20(14-26(31)32)27(33)29-22-13-19(8-10-24(22)34-3)23-16-30-11-5-4-6-25(30)28-23/h4-13,16,20H,14-15H2,1-3H3,(H,29,33). The molecule has 1 N–H and O–H groups in total. The number of carbonyl (C=O) groups is 2. The molecule has 7 nitrogen and oxygen atoms in total. The van der Waals surface area contributed by atoms with Crippen LogP contribution in [0, 0.1) is 19.8 Å². The molecule has 34 heavy (non-hydrogen) atoms. The molecule has 1 atom stereocenters. The molecule has 1 unspecified atom stereocenters. The number of nitrogens with one attached hydrogen (secondary N) is 1. The number of fused-ring (bicyclic) bond motifs is 1. The van der Waals surface area contributed by atoms with Gasteiger partial charge in [-0.25, -0.2) is 4.98 Å². The lowest BCUT2D eigenvalue weighted by atomic mass is 10.1. The number of rotatable bonds is 5. The number of methoxy groups -OCH3 is 1. The van der Waals surface area contributed by atoms with Gasteiger partial charge in [0.15, 0.2) is 0 Å². The maximum absolute atomic E-state index is 13.1. The summed E-state index contributed by atoms with van der Waals surface area (Å²) in [6.07, 6.45) is 4.06. The van der Waals surface area contributed by atoms with Crippen molar-refractivity contribution in [3.8, 4) is 17.0 Å². The molecular formula is C27H26N4O3. The fourth-order valence-corrected chi connectivity index (χ4v) is 4.30. The largest absolute Gasteiger partial charge is 0.495 e. The molecule has 1 aliphatic rings. The average Bonchev–Trinajstić information content (AvgIpc) is 3.44. The minimum Gasteiger partial charge on any atom is -0.495 e. The highest BCUT2D eigenvalue weighted by molar-refractivity contribution is 6.04. The van der Waals surface area contributed by atoms with Crippen molar-refractivity contribution in [3.63, 3.8) is 0 Å². The van der Waals surface area contributed by atoms with E-state index in [0.29, 0.717) is 18.0 Å². The van der Waals surface area contributed by atoms with Crippen LogP contribution in [0.3, 0.4) is 0 Å². The lowest BCUT2D eigenvalue weighted by Gasteiger charge is -2.18. The smallest absolute Gasteiger partial charge is 0.229 e. The monoisotopic (exact) mass is 454 g/mol. The van der Waals surface area contributed by atoms with Crippen LogP contribution in [0.2, 0.25) is 0 Å². The Morgan fingerprint density at radius 3 is 2.71 bits per heavy atom. The predicted octanol–water partition coefficient (Wildman–Crippen LogP) is 4.62. The lowest BCUT2D eigenvalue weighted by molar-refractivity contribution is -0.122. The van der Waals surface area contributed by atoms with E-state index in [2.05, 4.69) is 10.3 Å². The number of hydrogen-bond donors (Lipinski definition) is 1. The molecule has 1 saturated heterocycles. The van der Waals surface area contributed by atoms with E-state index in [4.69, 9.17) is 4.74 Å². The van der Waals surface area contributed by atoms with Gasteiger partial charge in [-0.15, -0.1) is 0 Å². The van der Waals surface area contributed by atoms with Gasteiger partial charge in [0.05, 0.1) is 24.4 Å². The van der Waals surface area contributed by atoms with Gasteiger partial charge < -0.3 is 19.4 Å². The number of hydrogen-bond acceptors (Lipinski definition) is 4. The minimum absolute atomic E-state index is 0.0474. The Morgan fingerprint density at radius 2 is 1.94 bits per heavy atom. The minimum atomic E-state index is -0.447. The van der Waals surface area contributed by atoms with Gasteiger partial charge in [0.2, 0.25) is 11.8 Å². The van der Waals surface area contributed by atoms with Gasteiger partial charge >= 0.3 is 0 Å². The fourth-order valence-electron chi connectivity index (χ4n) is 4.30. The van der Waals surface area contributed by atoms with E-state index in [-0.39, 0.29) is 18.2 Å². The van der Waals surface area contributed by atoms with Gasteiger partial charge in [0.1, 0.15) is 11.4 Å². The number of amides is 2. The summed E-state index contributed by atoms with van der Waals surface area (Å²) in [5.74, 6) is -0.146. The van der Waals surface area contributed by atoms with Crippen molar-refractivity contribution in [2.75, 3.05) is 23.9 Å². The normalized spacial score (nSPS) is 15.7. The molecule has 0 spiro atoms. The van der Waals surface area contributed by atoms with Gasteiger partial charge in [-0.3, -0.25) is 9.59 Å². The van der Waals surface area contributed by atoms with Crippen molar-refractivity contribution in [1.82, 2.24) is 9.38 Å². The molecule has 1 fully saturated rings. The van der Waals surface area contributed by atoms with E-state index < -0.39 is 5.92 Å². The van der Waals surface area contributed by atoms with Gasteiger partial charge in [-0.1, -0.05) is 12.1 Å². The second kappa shape index (κ2) is 8.67. The molecule has 0 radical (unpaired) electrons. The van der Waals surface area contributed by atoms with Crippen molar-refractivity contribution in [1.29, 1.82) is 0 Å². The van der Waals surface area contributed by atoms with Crippen LogP contribution in [0.1, 0.15) is 17.5 Å². The predicted molar refractivity (Wildman–Crippen MR) is 132 cm³/mol. The Hall–Kier alpha value is -4.13. The number of pyridine rings is 1. The van der Waals surface area contributed by atoms with Gasteiger partial charge in [0.25, 0.3) is 0 Å². The molecule has 3 heterocycles. The number of aromatic nitrogens is 2. The molecule has 2 aromatic carbocycles. The van der Waals surface area contributed by atoms with Crippen LogP contribution in [0.4, 0.5) is 11.4 Å². The summed E-state index contributed by atoms with van der Waals surface area (Å²) in [5, 5.41) is 2.98. The second-order valence-corrected chi connectivity index (χ2v) is 8.67. The number of carbonyl (C=O) groups excluding carboxylic acids is 2. The molecule has 2 aromatic heterocycles. The molecule has 5 rings (SSSR count). The summed E-state index contributed by atoms with van der Waals surface area (Å²) in [6, 6.07) is 17.3. The Kier molecular flexibility index (Phi) is 5.53. The van der Waals surface area contributed by atoms with Crippen LogP contribution >= 0.6 is 0 Å². The van der Waals surface area contributed by atoms with E-state index in [1.165, 1.54) is 5.56 Å². The number of imidazole rings is 1. The molecule has 7 heteroatoms. The number of aryl methyl sites for hydroxylation is 2. The molecular weight excluding hydrogens is 428 g/mol. The summed E-state index contributed by atoms with van der Waals surface area (Å²) in [7, 11) is 1.57. The SMILES string of the molecule is COc1ccc(-c2cn3ccccc3n2)cc1NC(=O)C1CC(=O)N(c2ccc(C)c(C)c2)C1. The molecule has 0 aliphatic carbocycles. The third kappa shape index (κ3) is 4.01. The van der Waals surface area contributed by atoms with E-state index in [1.54, 1.807) is 12.0 Å². The van der Waals surface area contributed by atoms with Gasteiger partial charge in [0, 0.05) is 36.6 Å². The zero-order chi connectivity index (χ0) is 23.8.